The smallest absolute Gasteiger partial charge is 0.271 e. The molecule has 0 radical (unpaired) electrons. The zero-order valence-corrected chi connectivity index (χ0v) is 12.2. The zero-order valence-electron chi connectivity index (χ0n) is 12.2. The molecule has 0 spiro atoms. The number of amides is 1. The topological polar surface area (TPSA) is 114 Å². The van der Waals surface area contributed by atoms with Crippen LogP contribution in [0.5, 0.6) is 0 Å². The number of nitro groups is 1. The average molecular weight is 311 g/mol. The van der Waals surface area contributed by atoms with Crippen LogP contribution in [0, 0.1) is 10.1 Å². The molecule has 0 fully saturated rings. The number of H-pyrrole nitrogens is 1. The quantitative estimate of drug-likeness (QED) is 0.567. The maximum Gasteiger partial charge on any atom is 0.271 e. The second kappa shape index (κ2) is 5.84. The van der Waals surface area contributed by atoms with Crippen LogP contribution in [0.4, 0.5) is 5.69 Å². The molecule has 116 valence electrons. The van der Waals surface area contributed by atoms with E-state index in [9.17, 15) is 14.9 Å². The third-order valence-corrected chi connectivity index (χ3v) is 3.39. The van der Waals surface area contributed by atoms with Crippen molar-refractivity contribution in [1.29, 1.82) is 0 Å². The minimum Gasteiger partial charge on any atom is -0.342 e. The first kappa shape index (κ1) is 14.6. The number of aromatic nitrogens is 3. The second-order valence-corrected chi connectivity index (χ2v) is 5.01. The molecule has 0 bridgehead atoms. The van der Waals surface area contributed by atoms with Crippen LogP contribution in [0.2, 0.25) is 0 Å². The molecule has 3 rings (SSSR count). The summed E-state index contributed by atoms with van der Waals surface area (Å²) in [5, 5.41) is 13.6. The second-order valence-electron chi connectivity index (χ2n) is 5.01. The Kier molecular flexibility index (Phi) is 3.71. The molecule has 0 aliphatic carbocycles. The van der Waals surface area contributed by atoms with Gasteiger partial charge in [0.1, 0.15) is 5.82 Å². The van der Waals surface area contributed by atoms with E-state index in [1.54, 1.807) is 37.5 Å². The lowest BCUT2D eigenvalue weighted by atomic mass is 10.2. The summed E-state index contributed by atoms with van der Waals surface area (Å²) in [5.41, 5.74) is 1.65. The van der Waals surface area contributed by atoms with Crippen LogP contribution in [-0.2, 0) is 0 Å². The van der Waals surface area contributed by atoms with Crippen molar-refractivity contribution < 1.29 is 9.72 Å². The van der Waals surface area contributed by atoms with Crippen LogP contribution >= 0.6 is 0 Å². The van der Waals surface area contributed by atoms with Crippen LogP contribution < -0.4 is 5.32 Å². The lowest BCUT2D eigenvalue weighted by molar-refractivity contribution is -0.384. The molecular weight excluding hydrogens is 298 g/mol. The molecule has 0 saturated heterocycles. The average Bonchev–Trinajstić information content (AvgIpc) is 2.98. The summed E-state index contributed by atoms with van der Waals surface area (Å²) in [5.74, 6) is 0.286. The summed E-state index contributed by atoms with van der Waals surface area (Å²) in [6, 6.07) is 7.25. The predicted molar refractivity (Wildman–Crippen MR) is 82.9 cm³/mol. The van der Waals surface area contributed by atoms with Gasteiger partial charge in [-0.15, -0.1) is 0 Å². The minimum absolute atomic E-state index is 0.0128. The Morgan fingerprint density at radius 3 is 2.74 bits per heavy atom. The molecule has 1 amide bonds. The molecule has 3 aromatic rings. The number of nitrogens with zero attached hydrogens (tertiary/aromatic N) is 3. The normalized spacial score (nSPS) is 12.0. The summed E-state index contributed by atoms with van der Waals surface area (Å²) in [4.78, 5) is 33.7. The summed E-state index contributed by atoms with van der Waals surface area (Å²) < 4.78 is 0. The number of hydrogen-bond donors (Lipinski definition) is 2. The minimum atomic E-state index is -0.464. The lowest BCUT2D eigenvalue weighted by Crippen LogP contribution is -2.27. The SMILES string of the molecule is CC(NC(=O)c1ccncc1)c1nc2ccc([N+](=O)[O-])cc2[nH]1. The standard InChI is InChI=1S/C15H13N5O3/c1-9(17-15(21)10-4-6-16-7-5-10)14-18-12-3-2-11(20(22)23)8-13(12)19-14/h2-9H,1H3,(H,17,21)(H,18,19). The van der Waals surface area contributed by atoms with Gasteiger partial charge in [0.05, 0.1) is 22.0 Å². The molecule has 0 saturated carbocycles. The molecule has 0 aliphatic heterocycles. The predicted octanol–water partition coefficient (Wildman–Crippen LogP) is 2.36. The van der Waals surface area contributed by atoms with Gasteiger partial charge in [0.2, 0.25) is 0 Å². The van der Waals surface area contributed by atoms with Crippen molar-refractivity contribution in [3.63, 3.8) is 0 Å². The van der Waals surface area contributed by atoms with E-state index in [4.69, 9.17) is 0 Å². The summed E-state index contributed by atoms with van der Waals surface area (Å²) in [6.45, 7) is 1.78. The van der Waals surface area contributed by atoms with Gasteiger partial charge < -0.3 is 10.3 Å². The molecule has 0 aliphatic rings. The van der Waals surface area contributed by atoms with Crippen molar-refractivity contribution in [2.45, 2.75) is 13.0 Å². The van der Waals surface area contributed by atoms with E-state index in [-0.39, 0.29) is 17.6 Å². The fraction of sp³-hybridized carbons (Fsp3) is 0.133. The van der Waals surface area contributed by atoms with Gasteiger partial charge in [0, 0.05) is 30.1 Å². The first-order valence-corrected chi connectivity index (χ1v) is 6.89. The molecule has 8 nitrogen and oxygen atoms in total. The number of carbonyl (C=O) groups excluding carboxylic acids is 1. The van der Waals surface area contributed by atoms with E-state index < -0.39 is 4.92 Å². The highest BCUT2D eigenvalue weighted by Gasteiger charge is 2.16. The molecule has 2 N–H and O–H groups in total. The molecular formula is C15H13N5O3. The van der Waals surface area contributed by atoms with E-state index in [1.165, 1.54) is 12.1 Å². The Labute approximate surface area is 130 Å². The van der Waals surface area contributed by atoms with Gasteiger partial charge in [-0.3, -0.25) is 19.9 Å². The summed E-state index contributed by atoms with van der Waals surface area (Å²) in [6.07, 6.45) is 3.08. The van der Waals surface area contributed by atoms with Crippen LogP contribution in [0.25, 0.3) is 11.0 Å². The third-order valence-electron chi connectivity index (χ3n) is 3.39. The molecule has 2 aromatic heterocycles. The highest BCUT2D eigenvalue weighted by atomic mass is 16.6. The first-order valence-electron chi connectivity index (χ1n) is 6.89. The fourth-order valence-corrected chi connectivity index (χ4v) is 2.19. The van der Waals surface area contributed by atoms with E-state index in [0.717, 1.165) is 0 Å². The largest absolute Gasteiger partial charge is 0.342 e. The van der Waals surface area contributed by atoms with Gasteiger partial charge in [-0.05, 0) is 25.1 Å². The van der Waals surface area contributed by atoms with Crippen molar-refractivity contribution in [3.05, 3.63) is 64.2 Å². The number of pyridine rings is 1. The van der Waals surface area contributed by atoms with Gasteiger partial charge in [0.15, 0.2) is 0 Å². The van der Waals surface area contributed by atoms with Crippen molar-refractivity contribution >= 4 is 22.6 Å². The lowest BCUT2D eigenvalue weighted by Gasteiger charge is -2.11. The molecule has 2 heterocycles. The van der Waals surface area contributed by atoms with Gasteiger partial charge in [-0.1, -0.05) is 0 Å². The van der Waals surface area contributed by atoms with Gasteiger partial charge in [0.25, 0.3) is 11.6 Å². The van der Waals surface area contributed by atoms with Gasteiger partial charge >= 0.3 is 0 Å². The van der Waals surface area contributed by atoms with E-state index >= 15 is 0 Å². The monoisotopic (exact) mass is 311 g/mol. The van der Waals surface area contributed by atoms with Crippen molar-refractivity contribution in [3.8, 4) is 0 Å². The van der Waals surface area contributed by atoms with Gasteiger partial charge in [-0.2, -0.15) is 0 Å². The molecule has 1 unspecified atom stereocenters. The highest BCUT2D eigenvalue weighted by Crippen LogP contribution is 2.21. The zero-order chi connectivity index (χ0) is 16.4. The number of nitro benzene ring substituents is 1. The van der Waals surface area contributed by atoms with E-state index in [2.05, 4.69) is 20.3 Å². The van der Waals surface area contributed by atoms with E-state index in [1.807, 2.05) is 0 Å². The molecule has 23 heavy (non-hydrogen) atoms. The molecule has 1 atom stereocenters. The third kappa shape index (κ3) is 3.00. The Balaban J connectivity index is 1.82. The maximum absolute atomic E-state index is 12.1. The Hall–Kier alpha value is -3.29. The van der Waals surface area contributed by atoms with Crippen LogP contribution in [0.3, 0.4) is 0 Å². The number of benzene rings is 1. The number of rotatable bonds is 4. The Morgan fingerprint density at radius 1 is 1.30 bits per heavy atom. The van der Waals surface area contributed by atoms with Crippen molar-refractivity contribution in [2.75, 3.05) is 0 Å². The Morgan fingerprint density at radius 2 is 2.04 bits per heavy atom. The number of hydrogen-bond acceptors (Lipinski definition) is 5. The van der Waals surface area contributed by atoms with Crippen molar-refractivity contribution in [2.24, 2.45) is 0 Å². The number of non-ortho nitro benzene ring substituents is 1. The highest BCUT2D eigenvalue weighted by molar-refractivity contribution is 5.94. The van der Waals surface area contributed by atoms with Crippen LogP contribution in [0.1, 0.15) is 29.1 Å². The fourth-order valence-electron chi connectivity index (χ4n) is 2.19. The molecule has 1 aromatic carbocycles. The summed E-state index contributed by atoms with van der Waals surface area (Å²) >= 11 is 0. The maximum atomic E-state index is 12.1. The number of nitrogens with one attached hydrogen (secondary N) is 2. The number of fused-ring (bicyclic) bond motifs is 1. The molecule has 8 heteroatoms. The summed E-state index contributed by atoms with van der Waals surface area (Å²) in [7, 11) is 0. The van der Waals surface area contributed by atoms with Crippen LogP contribution in [0.15, 0.2) is 42.7 Å². The Bertz CT molecular complexity index is 875. The van der Waals surface area contributed by atoms with Crippen molar-refractivity contribution in [1.82, 2.24) is 20.3 Å². The number of imidazole rings is 1. The van der Waals surface area contributed by atoms with Crippen LogP contribution in [-0.4, -0.2) is 25.8 Å². The van der Waals surface area contributed by atoms with Gasteiger partial charge in [-0.25, -0.2) is 4.98 Å². The first-order chi connectivity index (χ1) is 11.0. The number of aromatic amines is 1. The van der Waals surface area contributed by atoms with E-state index in [0.29, 0.717) is 22.4 Å². The number of carbonyl (C=O) groups is 1.